The molecule has 0 spiro atoms. The van der Waals surface area contributed by atoms with E-state index in [-0.39, 0.29) is 169 Å². The first-order valence-corrected chi connectivity index (χ1v) is 48.2. The van der Waals surface area contributed by atoms with Crippen molar-refractivity contribution in [2.45, 2.75) is 298 Å². The predicted octanol–water partition coefficient (Wildman–Crippen LogP) is 8.73. The highest BCUT2D eigenvalue weighted by molar-refractivity contribution is 7.99. The molecule has 0 aliphatic heterocycles. The maximum Gasteiger partial charge on any atom is 0.191 e. The molecule has 8 aliphatic carbocycles. The van der Waals surface area contributed by atoms with Crippen molar-refractivity contribution >= 4 is 115 Å². The highest BCUT2D eigenvalue weighted by Crippen LogP contribution is 2.50. The minimum atomic E-state index is -3.47. The Bertz CT molecular complexity index is 8560. The monoisotopic (exact) mass is 2110 g/mol. The van der Waals surface area contributed by atoms with Crippen LogP contribution in [0, 0.1) is 51.0 Å². The van der Waals surface area contributed by atoms with Crippen LogP contribution < -0.4 is 21.3 Å². The average Bonchev–Trinajstić information content (AvgIpc) is 1.51. The molecule has 12 aromatic rings. The lowest BCUT2D eigenvalue weighted by molar-refractivity contribution is -0.0629. The Labute approximate surface area is 899 Å². The van der Waals surface area contributed by atoms with Gasteiger partial charge in [0.15, 0.2) is 88.6 Å². The third kappa shape index (κ3) is 23.8. The molecule has 8 saturated carbocycles. The first kappa shape index (κ1) is 66.0. The lowest BCUT2D eigenvalue weighted by atomic mass is 10.1. The number of halogens is 4. The van der Waals surface area contributed by atoms with Crippen molar-refractivity contribution in [3.05, 3.63) is 140 Å². The zero-order valence-corrected chi connectivity index (χ0v) is 80.4. The van der Waals surface area contributed by atoms with Crippen LogP contribution in [-0.2, 0) is 18.9 Å². The van der Waals surface area contributed by atoms with Gasteiger partial charge in [0.1, 0.15) is 72.1 Å². The van der Waals surface area contributed by atoms with Crippen molar-refractivity contribution in [1.29, 1.82) is 0 Å². The quantitative estimate of drug-likeness (QED) is 0.00969. The van der Waals surface area contributed by atoms with Crippen LogP contribution in [0.1, 0.15) is 252 Å². The standard InChI is InChI=1S/4C24H31FN6O4S/c4*1-3-8-36-24-27-22(26-16-10-14(16)13-5-4-12(2)15(25)9-13)19-23(28-24)31(30-29-19)17-11-18(35-7-6-32)21(34)20(17)33/h4*4-5,9,14,16-18,20-21,32-34H,3,6-8,10-11H2,1-2H3,(H,26,27,28)/t4*14-,16+,17+,18-,20-,21+/m0000/s1/i4D,5D,6D2,7D2,8D2,9D,10D2,16D;4D,5D,7D2,8D2,9D,10D2,16D;4D,5D,6D2,8D2,9D,10D2,16D;4D,5D,8D2,9D,10D2,16D. The van der Waals surface area contributed by atoms with Crippen LogP contribution >= 0.6 is 47.0 Å². The molecule has 16 N–H and O–H groups in total. The number of nitrogens with zero attached hydrogens (tertiary/aromatic N) is 20. The molecule has 4 aromatic carbocycles. The number of benzene rings is 4. The molecule has 144 heavy (non-hydrogen) atoms. The molecule has 24 atom stereocenters. The van der Waals surface area contributed by atoms with Gasteiger partial charge in [-0.3, -0.25) is 0 Å². The van der Waals surface area contributed by atoms with Gasteiger partial charge in [-0.25, -0.2) is 76.2 Å². The predicted molar refractivity (Wildman–Crippen MR) is 530 cm³/mol. The summed E-state index contributed by atoms with van der Waals surface area (Å²) in [7, 11) is 0. The van der Waals surface area contributed by atoms with E-state index in [9.17, 15) is 73.7 Å². The molecule has 0 saturated heterocycles. The Morgan fingerprint density at radius 1 is 0.361 bits per heavy atom. The minimum Gasteiger partial charge on any atom is -0.394 e. The number of fused-ring (bicyclic) bond motifs is 4. The van der Waals surface area contributed by atoms with Gasteiger partial charge in [0, 0.05) is 118 Å². The Kier molecular flexibility index (Phi) is 21.7. The maximum atomic E-state index is 14.8. The van der Waals surface area contributed by atoms with E-state index in [0.717, 1.165) is 14.0 Å². The summed E-state index contributed by atoms with van der Waals surface area (Å²) in [5.74, 6) is -12.1. The number of ether oxygens (including phenoxy) is 4. The number of aliphatic hydroxyl groups is 12. The van der Waals surface area contributed by atoms with Gasteiger partial charge < -0.3 is 101 Å². The second-order valence-electron chi connectivity index (χ2n) is 33.1. The SMILES string of the molecule is [2H]c1c([2H])c([C@@H]2C([2H])([2H])[C@@]2([2H])Nc2nc(SC([2H])([2H])CC)nc3c2nnn3[C@@H]2C[C@H](OC([2H])([2H])C([2H])([2H])O)[C@@H](O)[C@H]2O)c([2H])c(F)c1C.[2H]c1c([2H])c([C@@H]2C([2H])([2H])[C@@]2([2H])Nc2nc(SC([2H])([2H])CC)nc3c2nnn3[C@@H]2C[C@H](OC([2H])([2H])CO)[C@@H](O)[C@H]2O)c([2H])c(F)c1C.[2H]c1c([2H])c([C@@H]2C([2H])([2H])[C@@]2([2H])Nc2nc(SC([2H])([2H])CC)nc3c2nnn3[C@@H]2C[C@H](OCC([2H])([2H])O)[C@@H](O)[C@H]2O)c([2H])c(F)c1C.[2H]c1c([2H])c([C@@H]2C([2H])([2H])[C@@]2([2H])Nc2nc(SC([2H])([2H])CC)nc3c2nnn3[C@@H]2C[C@H](OCCO)[C@@H](O)[C@H]2O)c([2H])c(F)c1C. The van der Waals surface area contributed by atoms with Crippen molar-refractivity contribution < 1.29 is 153 Å². The second-order valence-corrected chi connectivity index (χ2v) is 36.6. The second kappa shape index (κ2) is 47.3. The average molecular weight is 2110 g/mol. The van der Waals surface area contributed by atoms with E-state index in [4.69, 9.17) is 78.9 Å². The van der Waals surface area contributed by atoms with Crippen LogP contribution in [0.5, 0.6) is 0 Å². The number of hydrogen-bond donors (Lipinski definition) is 16. The molecular formula is C96H124F4N24O16S4. The van der Waals surface area contributed by atoms with Gasteiger partial charge in [0.2, 0.25) is 0 Å². The van der Waals surface area contributed by atoms with Crippen LogP contribution in [0.2, 0.25) is 0 Å². The molecule has 8 aliphatic rings. The van der Waals surface area contributed by atoms with E-state index in [0.29, 0.717) is 47.0 Å². The fraction of sp³-hybridized carbons (Fsp3) is 0.583. The zero-order valence-electron chi connectivity index (χ0n) is 117. The summed E-state index contributed by atoms with van der Waals surface area (Å²) in [5, 5.41) is 165. The largest absolute Gasteiger partial charge is 0.394 e. The van der Waals surface area contributed by atoms with Crippen molar-refractivity contribution in [1.82, 2.24) is 99.8 Å². The van der Waals surface area contributed by atoms with E-state index >= 15 is 0 Å². The summed E-state index contributed by atoms with van der Waals surface area (Å²) in [6.07, 6.45) is -28.0. The van der Waals surface area contributed by atoms with Crippen molar-refractivity contribution in [2.24, 2.45) is 0 Å². The molecule has 8 aromatic heterocycles. The summed E-state index contributed by atoms with van der Waals surface area (Å²) in [6, 6.07) is -21.7. The highest BCUT2D eigenvalue weighted by Gasteiger charge is 2.51. The van der Waals surface area contributed by atoms with Gasteiger partial charge in [-0.15, -0.1) is 20.4 Å². The summed E-state index contributed by atoms with van der Waals surface area (Å²) < 4.78 is 413. The lowest BCUT2D eigenvalue weighted by Crippen LogP contribution is -2.33. The summed E-state index contributed by atoms with van der Waals surface area (Å²) in [5.41, 5.74) is -11.6. The molecule has 0 unspecified atom stereocenters. The van der Waals surface area contributed by atoms with Crippen LogP contribution in [0.25, 0.3) is 44.7 Å². The Morgan fingerprint density at radius 2 is 0.618 bits per heavy atom. The van der Waals surface area contributed by atoms with Crippen LogP contribution in [0.4, 0.5) is 40.8 Å². The van der Waals surface area contributed by atoms with Gasteiger partial charge in [-0.2, -0.15) is 0 Å². The molecule has 48 heteroatoms. The van der Waals surface area contributed by atoms with Crippen molar-refractivity contribution in [3.8, 4) is 0 Å². The number of rotatable bonds is 40. The van der Waals surface area contributed by atoms with Gasteiger partial charge in [-0.05, 0) is 148 Å². The molecule has 0 amide bonds. The van der Waals surface area contributed by atoms with Gasteiger partial charge >= 0.3 is 0 Å². The van der Waals surface area contributed by atoms with E-state index in [2.05, 4.69) is 102 Å². The summed E-state index contributed by atoms with van der Waals surface area (Å²) >= 11 is 2.40. The fourth-order valence-corrected chi connectivity index (χ4v) is 18.1. The molecule has 776 valence electrons. The minimum absolute atomic E-state index is 0.00770. The Hall–Kier alpha value is -9.52. The normalized spacial score (nSPS) is 35.9. The smallest absolute Gasteiger partial charge is 0.191 e. The number of aliphatic hydroxyl groups excluding tert-OH is 10. The number of aromatic nitrogens is 20. The van der Waals surface area contributed by atoms with Crippen molar-refractivity contribution in [3.63, 3.8) is 0 Å². The maximum absolute atomic E-state index is 14.8. The first-order valence-electron chi connectivity index (χ1n) is 64.9. The number of thioether (sulfide) groups is 4. The molecule has 40 nitrogen and oxygen atoms in total. The molecule has 8 heterocycles. The third-order valence-electron chi connectivity index (χ3n) is 23.5. The van der Waals surface area contributed by atoms with Crippen molar-refractivity contribution in [2.75, 3.05) is 96.8 Å². The first-order chi connectivity index (χ1) is 84.8. The molecule has 8 fully saturated rings. The van der Waals surface area contributed by atoms with Crippen LogP contribution in [0.3, 0.4) is 0 Å². The molecular weight excluding hydrogens is 1950 g/mol. The Balaban J connectivity index is 0.000000161. The summed E-state index contributed by atoms with van der Waals surface area (Å²) in [6.45, 7) is -2.98. The molecule has 0 radical (unpaired) electrons. The number of anilines is 4. The number of nitrogens with one attached hydrogen (secondary N) is 4. The lowest BCUT2D eigenvalue weighted by Gasteiger charge is -2.17. The Morgan fingerprint density at radius 3 is 0.861 bits per heavy atom. The molecule has 20 rings (SSSR count). The topological polar surface area (TPSA) is 554 Å². The van der Waals surface area contributed by atoms with Crippen LogP contribution in [-0.4, -0.2) is 334 Å². The van der Waals surface area contributed by atoms with Gasteiger partial charge in [0.05, 0.1) is 134 Å². The zero-order chi connectivity index (χ0) is 137. The van der Waals surface area contributed by atoms with Gasteiger partial charge in [-0.1, -0.05) is 144 Å². The van der Waals surface area contributed by atoms with E-state index in [1.165, 1.54) is 32.4 Å². The van der Waals surface area contributed by atoms with E-state index in [1.54, 1.807) is 27.7 Å². The number of hydrogen-bond acceptors (Lipinski definition) is 40. The highest BCUT2D eigenvalue weighted by atomic mass is 32.2. The third-order valence-corrected chi connectivity index (χ3v) is 26.6. The van der Waals surface area contributed by atoms with Gasteiger partial charge in [0.25, 0.3) is 0 Å². The van der Waals surface area contributed by atoms with E-state index < -0.39 is 357 Å². The van der Waals surface area contributed by atoms with Crippen LogP contribution in [0.15, 0.2) is 93.1 Å². The summed E-state index contributed by atoms with van der Waals surface area (Å²) in [4.78, 5) is 34.5. The molecule has 0 bridgehead atoms. The van der Waals surface area contributed by atoms with E-state index in [1.807, 2.05) is 0 Å². The fourth-order valence-electron chi connectivity index (χ4n) is 15.9.